The van der Waals surface area contributed by atoms with Gasteiger partial charge in [0.1, 0.15) is 18.3 Å². The van der Waals surface area contributed by atoms with Crippen molar-refractivity contribution in [3.63, 3.8) is 0 Å². The van der Waals surface area contributed by atoms with Gasteiger partial charge in [0.25, 0.3) is 11.6 Å². The lowest BCUT2D eigenvalue weighted by atomic mass is 10.0. The van der Waals surface area contributed by atoms with E-state index in [1.807, 2.05) is 13.8 Å². The van der Waals surface area contributed by atoms with Gasteiger partial charge in [0, 0.05) is 38.2 Å². The summed E-state index contributed by atoms with van der Waals surface area (Å²) in [6.07, 6.45) is 1.89. The number of hydrogen-bond donors (Lipinski definition) is 1. The van der Waals surface area contributed by atoms with E-state index >= 15 is 0 Å². The number of carbonyl (C=O) groups excluding carboxylic acids is 2. The molecular formula is C22H27N5O6. The average Bonchev–Trinajstić information content (AvgIpc) is 3.46. The van der Waals surface area contributed by atoms with Gasteiger partial charge in [-0.05, 0) is 43.7 Å². The number of nitro groups is 1. The number of nitro benzene ring substituents is 1. The quantitative estimate of drug-likeness (QED) is 0.455. The highest BCUT2D eigenvalue weighted by molar-refractivity contribution is 6.03. The van der Waals surface area contributed by atoms with Crippen molar-refractivity contribution in [3.8, 4) is 0 Å². The van der Waals surface area contributed by atoms with E-state index in [1.54, 1.807) is 24.3 Å². The number of amides is 3. The maximum Gasteiger partial charge on any atom is 0.318 e. The van der Waals surface area contributed by atoms with Crippen molar-refractivity contribution in [2.45, 2.75) is 32.4 Å². The van der Waals surface area contributed by atoms with E-state index in [0.29, 0.717) is 23.5 Å². The first-order chi connectivity index (χ1) is 15.8. The van der Waals surface area contributed by atoms with Crippen molar-refractivity contribution in [1.29, 1.82) is 0 Å². The molecule has 0 saturated carbocycles. The molecule has 2 aromatic rings. The number of methoxy groups -OCH3 is 1. The van der Waals surface area contributed by atoms with E-state index in [0.717, 1.165) is 0 Å². The summed E-state index contributed by atoms with van der Waals surface area (Å²) >= 11 is 0. The molecule has 11 nitrogen and oxygen atoms in total. The SMILES string of the molecule is COCCN(CC(=O)N1N=C(c2ccc([N+](=O)[O-])cc2)C[C@H]1c1ccco1)C(=O)NC(C)C. The van der Waals surface area contributed by atoms with Crippen molar-refractivity contribution in [3.05, 3.63) is 64.1 Å². The van der Waals surface area contributed by atoms with E-state index in [9.17, 15) is 19.7 Å². The Hall–Kier alpha value is -3.73. The van der Waals surface area contributed by atoms with E-state index < -0.39 is 11.0 Å². The van der Waals surface area contributed by atoms with Gasteiger partial charge in [0.05, 0.1) is 23.5 Å². The number of urea groups is 1. The summed E-state index contributed by atoms with van der Waals surface area (Å²) in [5, 5.41) is 19.6. The third-order valence-corrected chi connectivity index (χ3v) is 5.04. The number of furan rings is 1. The Morgan fingerprint density at radius 3 is 2.64 bits per heavy atom. The largest absolute Gasteiger partial charge is 0.467 e. The predicted molar refractivity (Wildman–Crippen MR) is 120 cm³/mol. The van der Waals surface area contributed by atoms with Crippen LogP contribution >= 0.6 is 0 Å². The first-order valence-corrected chi connectivity index (χ1v) is 10.5. The second kappa shape index (κ2) is 10.7. The Morgan fingerprint density at radius 2 is 2.06 bits per heavy atom. The molecule has 1 aliphatic heterocycles. The molecule has 11 heteroatoms. The summed E-state index contributed by atoms with van der Waals surface area (Å²) in [5.41, 5.74) is 1.23. The summed E-state index contributed by atoms with van der Waals surface area (Å²) in [5.74, 6) is 0.169. The van der Waals surface area contributed by atoms with Crippen molar-refractivity contribution in [2.24, 2.45) is 5.10 Å². The summed E-state index contributed by atoms with van der Waals surface area (Å²) in [6.45, 7) is 3.98. The fraction of sp³-hybridized carbons (Fsp3) is 0.409. The number of nitrogens with zero attached hydrogens (tertiary/aromatic N) is 4. The number of rotatable bonds is 9. The van der Waals surface area contributed by atoms with Gasteiger partial charge in [0.2, 0.25) is 0 Å². The van der Waals surface area contributed by atoms with Crippen LogP contribution < -0.4 is 5.32 Å². The number of hydrogen-bond acceptors (Lipinski definition) is 7. The van der Waals surface area contributed by atoms with Crippen LogP contribution in [0.25, 0.3) is 0 Å². The Bertz CT molecular complexity index is 1000. The molecule has 0 bridgehead atoms. The van der Waals surface area contributed by atoms with Crippen LogP contribution in [-0.2, 0) is 9.53 Å². The van der Waals surface area contributed by atoms with Crippen LogP contribution in [0.3, 0.4) is 0 Å². The molecule has 1 atom stereocenters. The molecule has 1 aliphatic rings. The minimum Gasteiger partial charge on any atom is -0.467 e. The fourth-order valence-electron chi connectivity index (χ4n) is 3.42. The number of nitrogens with one attached hydrogen (secondary N) is 1. The van der Waals surface area contributed by atoms with Crippen molar-refractivity contribution < 1.29 is 23.7 Å². The van der Waals surface area contributed by atoms with E-state index in [1.165, 1.54) is 35.4 Å². The molecule has 0 saturated heterocycles. The van der Waals surface area contributed by atoms with Gasteiger partial charge in [-0.1, -0.05) is 0 Å². The second-order valence-corrected chi connectivity index (χ2v) is 7.84. The first kappa shape index (κ1) is 23.9. The van der Waals surface area contributed by atoms with Crippen molar-refractivity contribution in [1.82, 2.24) is 15.2 Å². The maximum absolute atomic E-state index is 13.3. The summed E-state index contributed by atoms with van der Waals surface area (Å²) in [7, 11) is 1.52. The molecule has 1 aromatic heterocycles. The molecular weight excluding hydrogens is 430 g/mol. The molecule has 2 heterocycles. The molecule has 1 aromatic carbocycles. The predicted octanol–water partition coefficient (Wildman–Crippen LogP) is 2.93. The third kappa shape index (κ3) is 5.95. The Kier molecular flexibility index (Phi) is 7.78. The third-order valence-electron chi connectivity index (χ3n) is 5.04. The molecule has 0 spiro atoms. The Labute approximate surface area is 191 Å². The average molecular weight is 457 g/mol. The van der Waals surface area contributed by atoms with Gasteiger partial charge in [0.15, 0.2) is 0 Å². The monoisotopic (exact) mass is 457 g/mol. The van der Waals surface area contributed by atoms with Crippen LogP contribution in [0, 0.1) is 10.1 Å². The molecule has 0 unspecified atom stereocenters. The van der Waals surface area contributed by atoms with Crippen LogP contribution in [-0.4, -0.2) is 65.3 Å². The number of hydrazone groups is 1. The van der Waals surface area contributed by atoms with Crippen LogP contribution in [0.1, 0.15) is 37.6 Å². The van der Waals surface area contributed by atoms with E-state index in [4.69, 9.17) is 9.15 Å². The topological polar surface area (TPSA) is 131 Å². The van der Waals surface area contributed by atoms with Crippen LogP contribution in [0.5, 0.6) is 0 Å². The number of ether oxygens (including phenoxy) is 1. The van der Waals surface area contributed by atoms with E-state index in [-0.39, 0.29) is 43.4 Å². The van der Waals surface area contributed by atoms with Gasteiger partial charge < -0.3 is 19.4 Å². The van der Waals surface area contributed by atoms with Gasteiger partial charge in [-0.3, -0.25) is 14.9 Å². The van der Waals surface area contributed by atoms with Crippen molar-refractivity contribution in [2.75, 3.05) is 26.8 Å². The number of benzene rings is 1. The first-order valence-electron chi connectivity index (χ1n) is 10.5. The smallest absolute Gasteiger partial charge is 0.318 e. The van der Waals surface area contributed by atoms with Gasteiger partial charge >= 0.3 is 6.03 Å². The lowest BCUT2D eigenvalue weighted by molar-refractivity contribution is -0.384. The molecule has 0 fully saturated rings. The minimum atomic E-state index is -0.491. The van der Waals surface area contributed by atoms with E-state index in [2.05, 4.69) is 10.4 Å². The molecule has 1 N–H and O–H groups in total. The minimum absolute atomic E-state index is 0.0298. The number of carbonyl (C=O) groups is 2. The van der Waals surface area contributed by atoms with Crippen LogP contribution in [0.2, 0.25) is 0 Å². The Morgan fingerprint density at radius 1 is 1.33 bits per heavy atom. The highest BCUT2D eigenvalue weighted by Crippen LogP contribution is 2.33. The highest BCUT2D eigenvalue weighted by Gasteiger charge is 2.36. The molecule has 3 amide bonds. The van der Waals surface area contributed by atoms with Crippen LogP contribution in [0.15, 0.2) is 52.2 Å². The standard InChI is InChI=1S/C22H27N5O6/c1-15(2)23-22(29)25(10-12-32-3)14-21(28)26-19(20-5-4-11-33-20)13-18(24-26)16-6-8-17(9-7-16)27(30)31/h4-9,11,15,19H,10,12-14H2,1-3H3,(H,23,29)/t19-/m0/s1. The Balaban J connectivity index is 1.84. The number of non-ortho nitro benzene ring substituents is 1. The zero-order chi connectivity index (χ0) is 24.0. The summed E-state index contributed by atoms with van der Waals surface area (Å²) in [6, 6.07) is 8.53. The lowest BCUT2D eigenvalue weighted by Gasteiger charge is -2.26. The fourth-order valence-corrected chi connectivity index (χ4v) is 3.42. The van der Waals surface area contributed by atoms with Crippen LogP contribution in [0.4, 0.5) is 10.5 Å². The normalized spacial score (nSPS) is 15.5. The highest BCUT2D eigenvalue weighted by atomic mass is 16.6. The lowest BCUT2D eigenvalue weighted by Crippen LogP contribution is -2.48. The molecule has 0 aliphatic carbocycles. The summed E-state index contributed by atoms with van der Waals surface area (Å²) in [4.78, 5) is 37.7. The molecule has 176 valence electrons. The van der Waals surface area contributed by atoms with Gasteiger partial charge in [-0.2, -0.15) is 5.10 Å². The molecule has 0 radical (unpaired) electrons. The summed E-state index contributed by atoms with van der Waals surface area (Å²) < 4.78 is 10.6. The zero-order valence-corrected chi connectivity index (χ0v) is 18.8. The molecule has 3 rings (SSSR count). The maximum atomic E-state index is 13.3. The second-order valence-electron chi connectivity index (χ2n) is 7.84. The van der Waals surface area contributed by atoms with Gasteiger partial charge in [-0.25, -0.2) is 9.80 Å². The van der Waals surface area contributed by atoms with Crippen molar-refractivity contribution >= 4 is 23.3 Å². The molecule has 33 heavy (non-hydrogen) atoms. The zero-order valence-electron chi connectivity index (χ0n) is 18.8. The van der Waals surface area contributed by atoms with Gasteiger partial charge in [-0.15, -0.1) is 0 Å².